The fourth-order valence-electron chi connectivity index (χ4n) is 1.65. The molecule has 1 unspecified atom stereocenters. The van der Waals surface area contributed by atoms with Crippen LogP contribution in [-0.4, -0.2) is 14.8 Å². The topological polar surface area (TPSA) is 69.9 Å². The Morgan fingerprint density at radius 3 is 3.12 bits per heavy atom. The van der Waals surface area contributed by atoms with Gasteiger partial charge in [-0.25, -0.2) is 4.98 Å². The van der Waals surface area contributed by atoms with Crippen molar-refractivity contribution < 1.29 is 4.42 Å². The Balaban J connectivity index is 2.06. The van der Waals surface area contributed by atoms with E-state index in [1.807, 2.05) is 10.7 Å². The first-order chi connectivity index (χ1) is 7.81. The second-order valence-corrected chi connectivity index (χ2v) is 3.77. The molecule has 2 aromatic heterocycles. The van der Waals surface area contributed by atoms with Crippen molar-refractivity contribution >= 4 is 0 Å². The van der Waals surface area contributed by atoms with E-state index in [0.29, 0.717) is 6.42 Å². The summed E-state index contributed by atoms with van der Waals surface area (Å²) in [4.78, 5) is 4.23. The fraction of sp³-hybridized carbons (Fsp3) is 0.455. The van der Waals surface area contributed by atoms with Crippen molar-refractivity contribution in [1.82, 2.24) is 14.8 Å². The summed E-state index contributed by atoms with van der Waals surface area (Å²) in [5.74, 6) is 0.926. The summed E-state index contributed by atoms with van der Waals surface area (Å²) < 4.78 is 6.91. The van der Waals surface area contributed by atoms with Crippen LogP contribution in [0, 0.1) is 0 Å². The molecule has 0 radical (unpaired) electrons. The standard InChI is InChI=1S/C11H16N4O/c1-2-4-15-11(13-8-14-15)6-10(12)9-3-5-16-7-9/h3,5,7-8,10H,2,4,6,12H2,1H3. The average Bonchev–Trinajstić information content (AvgIpc) is 2.90. The molecule has 16 heavy (non-hydrogen) atoms. The van der Waals surface area contributed by atoms with Crippen LogP contribution >= 0.6 is 0 Å². The van der Waals surface area contributed by atoms with Crippen LogP contribution in [0.15, 0.2) is 29.3 Å². The van der Waals surface area contributed by atoms with Gasteiger partial charge in [0.1, 0.15) is 12.2 Å². The quantitative estimate of drug-likeness (QED) is 0.829. The van der Waals surface area contributed by atoms with Crippen LogP contribution in [0.5, 0.6) is 0 Å². The van der Waals surface area contributed by atoms with E-state index in [-0.39, 0.29) is 6.04 Å². The highest BCUT2D eigenvalue weighted by atomic mass is 16.3. The third kappa shape index (κ3) is 2.30. The van der Waals surface area contributed by atoms with E-state index in [1.54, 1.807) is 18.9 Å². The van der Waals surface area contributed by atoms with Crippen LogP contribution in [0.4, 0.5) is 0 Å². The summed E-state index contributed by atoms with van der Waals surface area (Å²) in [7, 11) is 0. The number of furan rings is 1. The van der Waals surface area contributed by atoms with E-state index in [1.165, 1.54) is 0 Å². The normalized spacial score (nSPS) is 12.9. The Labute approximate surface area is 94.3 Å². The van der Waals surface area contributed by atoms with Gasteiger partial charge in [0.15, 0.2) is 0 Å². The first-order valence-corrected chi connectivity index (χ1v) is 5.45. The van der Waals surface area contributed by atoms with Crippen molar-refractivity contribution in [1.29, 1.82) is 0 Å². The molecule has 0 fully saturated rings. The van der Waals surface area contributed by atoms with E-state index in [4.69, 9.17) is 10.2 Å². The van der Waals surface area contributed by atoms with E-state index >= 15 is 0 Å². The molecule has 0 aliphatic rings. The van der Waals surface area contributed by atoms with Crippen LogP contribution in [0.3, 0.4) is 0 Å². The van der Waals surface area contributed by atoms with Crippen molar-refractivity contribution in [3.05, 3.63) is 36.3 Å². The average molecular weight is 220 g/mol. The zero-order valence-corrected chi connectivity index (χ0v) is 9.34. The molecule has 2 N–H and O–H groups in total. The smallest absolute Gasteiger partial charge is 0.138 e. The molecule has 1 atom stereocenters. The molecule has 5 nitrogen and oxygen atoms in total. The zero-order valence-electron chi connectivity index (χ0n) is 9.34. The number of rotatable bonds is 5. The monoisotopic (exact) mass is 220 g/mol. The number of nitrogens with zero attached hydrogens (tertiary/aromatic N) is 3. The van der Waals surface area contributed by atoms with Crippen LogP contribution in [0.25, 0.3) is 0 Å². The van der Waals surface area contributed by atoms with Gasteiger partial charge in [-0.1, -0.05) is 6.92 Å². The number of nitrogens with two attached hydrogens (primary N) is 1. The summed E-state index contributed by atoms with van der Waals surface area (Å²) >= 11 is 0. The Hall–Kier alpha value is -1.62. The lowest BCUT2D eigenvalue weighted by molar-refractivity contribution is 0.538. The lowest BCUT2D eigenvalue weighted by atomic mass is 10.1. The predicted octanol–water partition coefficient (Wildman–Crippen LogP) is 1.52. The lowest BCUT2D eigenvalue weighted by Crippen LogP contribution is -2.16. The third-order valence-corrected chi connectivity index (χ3v) is 2.50. The van der Waals surface area contributed by atoms with Gasteiger partial charge in [0.2, 0.25) is 0 Å². The van der Waals surface area contributed by atoms with E-state index in [9.17, 15) is 0 Å². The van der Waals surface area contributed by atoms with Crippen LogP contribution in [0.2, 0.25) is 0 Å². The first-order valence-electron chi connectivity index (χ1n) is 5.45. The van der Waals surface area contributed by atoms with Gasteiger partial charge in [0.25, 0.3) is 0 Å². The predicted molar refractivity (Wildman–Crippen MR) is 59.7 cm³/mol. The molecule has 0 spiro atoms. The molecular formula is C11H16N4O. The molecular weight excluding hydrogens is 204 g/mol. The second-order valence-electron chi connectivity index (χ2n) is 3.77. The van der Waals surface area contributed by atoms with Crippen LogP contribution in [-0.2, 0) is 13.0 Å². The Morgan fingerprint density at radius 1 is 1.56 bits per heavy atom. The Bertz CT molecular complexity index is 421. The second kappa shape index (κ2) is 4.94. The molecule has 0 amide bonds. The highest BCUT2D eigenvalue weighted by molar-refractivity contribution is 5.12. The van der Waals surface area contributed by atoms with Gasteiger partial charge >= 0.3 is 0 Å². The molecule has 2 aromatic rings. The van der Waals surface area contributed by atoms with Crippen molar-refractivity contribution in [3.63, 3.8) is 0 Å². The molecule has 5 heteroatoms. The van der Waals surface area contributed by atoms with Crippen molar-refractivity contribution in [2.24, 2.45) is 5.73 Å². The largest absolute Gasteiger partial charge is 0.472 e. The number of hydrogen-bond acceptors (Lipinski definition) is 4. The zero-order chi connectivity index (χ0) is 11.4. The molecule has 0 saturated carbocycles. The minimum Gasteiger partial charge on any atom is -0.472 e. The van der Waals surface area contributed by atoms with Gasteiger partial charge in [-0.3, -0.25) is 4.68 Å². The molecule has 0 aliphatic carbocycles. The molecule has 0 aromatic carbocycles. The summed E-state index contributed by atoms with van der Waals surface area (Å²) in [5.41, 5.74) is 7.05. The minimum atomic E-state index is -0.0847. The summed E-state index contributed by atoms with van der Waals surface area (Å²) in [6.45, 7) is 2.99. The number of aryl methyl sites for hydroxylation is 1. The Morgan fingerprint density at radius 2 is 2.44 bits per heavy atom. The van der Waals surface area contributed by atoms with Gasteiger partial charge in [-0.2, -0.15) is 5.10 Å². The summed E-state index contributed by atoms with van der Waals surface area (Å²) in [6.07, 6.45) is 6.60. The summed E-state index contributed by atoms with van der Waals surface area (Å²) in [6, 6.07) is 1.80. The van der Waals surface area contributed by atoms with Crippen LogP contribution < -0.4 is 5.73 Å². The SMILES string of the molecule is CCCn1ncnc1CC(N)c1ccoc1. The summed E-state index contributed by atoms with van der Waals surface area (Å²) in [5, 5.41) is 4.17. The van der Waals surface area contributed by atoms with Crippen LogP contribution in [0.1, 0.15) is 30.8 Å². The van der Waals surface area contributed by atoms with E-state index in [0.717, 1.165) is 24.4 Å². The minimum absolute atomic E-state index is 0.0847. The van der Waals surface area contributed by atoms with Gasteiger partial charge in [0, 0.05) is 24.6 Å². The van der Waals surface area contributed by atoms with Crippen molar-refractivity contribution in [3.8, 4) is 0 Å². The molecule has 2 rings (SSSR count). The maximum Gasteiger partial charge on any atom is 0.138 e. The Kier molecular flexibility index (Phi) is 3.36. The van der Waals surface area contributed by atoms with E-state index in [2.05, 4.69) is 17.0 Å². The number of hydrogen-bond donors (Lipinski definition) is 1. The number of aromatic nitrogens is 3. The fourth-order valence-corrected chi connectivity index (χ4v) is 1.65. The highest BCUT2D eigenvalue weighted by Gasteiger charge is 2.12. The van der Waals surface area contributed by atoms with Crippen molar-refractivity contribution in [2.75, 3.05) is 0 Å². The maximum absolute atomic E-state index is 6.05. The van der Waals surface area contributed by atoms with E-state index < -0.39 is 0 Å². The molecule has 2 heterocycles. The highest BCUT2D eigenvalue weighted by Crippen LogP contribution is 2.15. The molecule has 0 saturated heterocycles. The third-order valence-electron chi connectivity index (χ3n) is 2.50. The van der Waals surface area contributed by atoms with Gasteiger partial charge < -0.3 is 10.2 Å². The molecule has 0 bridgehead atoms. The van der Waals surface area contributed by atoms with Gasteiger partial charge in [-0.15, -0.1) is 0 Å². The lowest BCUT2D eigenvalue weighted by Gasteiger charge is -2.09. The molecule has 0 aliphatic heterocycles. The van der Waals surface area contributed by atoms with Gasteiger partial charge in [-0.05, 0) is 12.5 Å². The van der Waals surface area contributed by atoms with Crippen molar-refractivity contribution in [2.45, 2.75) is 32.4 Å². The van der Waals surface area contributed by atoms with Gasteiger partial charge in [0.05, 0.1) is 12.5 Å². The maximum atomic E-state index is 6.05. The molecule has 86 valence electrons. The first kappa shape index (κ1) is 10.9.